The predicted molar refractivity (Wildman–Crippen MR) is 70.8 cm³/mol. The molecule has 4 heteroatoms. The fourth-order valence-electron chi connectivity index (χ4n) is 1.67. The van der Waals surface area contributed by atoms with E-state index in [4.69, 9.17) is 11.6 Å². The largest absolute Gasteiger partial charge is 0.316 e. The number of rotatable bonds is 2. The minimum Gasteiger partial charge on any atom is -0.316 e. The van der Waals surface area contributed by atoms with Gasteiger partial charge in [0.2, 0.25) is 0 Å². The highest BCUT2D eigenvalue weighted by Crippen LogP contribution is 2.28. The van der Waals surface area contributed by atoms with Crippen molar-refractivity contribution in [1.29, 1.82) is 0 Å². The van der Waals surface area contributed by atoms with Crippen LogP contribution in [0.15, 0.2) is 35.1 Å². The molecule has 0 unspecified atom stereocenters. The third-order valence-corrected chi connectivity index (χ3v) is 3.17. The van der Waals surface area contributed by atoms with Crippen LogP contribution in [0.2, 0.25) is 5.02 Å². The molecule has 1 heterocycles. The first kappa shape index (κ1) is 11.7. The molecule has 0 aliphatic rings. The molecule has 84 valence electrons. The summed E-state index contributed by atoms with van der Waals surface area (Å²) in [6.07, 6.45) is 1.82. The summed E-state index contributed by atoms with van der Waals surface area (Å²) in [5.74, 6) is 0.935. The molecule has 2 nitrogen and oxygen atoms in total. The lowest BCUT2D eigenvalue weighted by Gasteiger charge is -2.13. The van der Waals surface area contributed by atoms with Gasteiger partial charge in [0.05, 0.1) is 6.20 Å². The van der Waals surface area contributed by atoms with Crippen molar-refractivity contribution in [3.8, 4) is 11.4 Å². The van der Waals surface area contributed by atoms with E-state index in [1.54, 1.807) is 0 Å². The van der Waals surface area contributed by atoms with Crippen LogP contribution in [0.4, 0.5) is 0 Å². The third kappa shape index (κ3) is 2.15. The molecular weight excluding hydrogens is 288 g/mol. The molecule has 0 spiro atoms. The summed E-state index contributed by atoms with van der Waals surface area (Å²) in [6, 6.07) is 8.09. The Hall–Kier alpha value is -0.800. The van der Waals surface area contributed by atoms with E-state index < -0.39 is 0 Å². The molecule has 0 saturated carbocycles. The van der Waals surface area contributed by atoms with Crippen LogP contribution in [-0.4, -0.2) is 9.55 Å². The van der Waals surface area contributed by atoms with Crippen molar-refractivity contribution in [3.05, 3.63) is 40.1 Å². The van der Waals surface area contributed by atoms with E-state index in [2.05, 4.69) is 39.3 Å². The van der Waals surface area contributed by atoms with E-state index in [0.717, 1.165) is 21.0 Å². The van der Waals surface area contributed by atoms with Gasteiger partial charge >= 0.3 is 0 Å². The van der Waals surface area contributed by atoms with E-state index in [1.807, 2.05) is 30.5 Å². The second-order valence-electron chi connectivity index (χ2n) is 3.88. The molecule has 1 aromatic carbocycles. The first-order chi connectivity index (χ1) is 7.59. The lowest BCUT2D eigenvalue weighted by molar-refractivity contribution is 0.596. The van der Waals surface area contributed by atoms with Gasteiger partial charge in [-0.25, -0.2) is 4.98 Å². The van der Waals surface area contributed by atoms with Crippen molar-refractivity contribution in [2.24, 2.45) is 0 Å². The average Bonchev–Trinajstić information content (AvgIpc) is 2.60. The maximum Gasteiger partial charge on any atom is 0.141 e. The Bertz CT molecular complexity index is 505. The van der Waals surface area contributed by atoms with Gasteiger partial charge in [-0.05, 0) is 41.9 Å². The maximum atomic E-state index is 5.98. The summed E-state index contributed by atoms with van der Waals surface area (Å²) in [4.78, 5) is 4.41. The van der Waals surface area contributed by atoms with Crippen molar-refractivity contribution in [2.75, 3.05) is 0 Å². The number of halogens is 2. The lowest BCUT2D eigenvalue weighted by Crippen LogP contribution is -2.03. The van der Waals surface area contributed by atoms with Gasteiger partial charge in [-0.1, -0.05) is 23.7 Å². The summed E-state index contributed by atoms with van der Waals surface area (Å²) in [6.45, 7) is 4.25. The first-order valence-electron chi connectivity index (χ1n) is 5.08. The monoisotopic (exact) mass is 298 g/mol. The van der Waals surface area contributed by atoms with E-state index in [-0.39, 0.29) is 0 Å². The quantitative estimate of drug-likeness (QED) is 0.795. The zero-order chi connectivity index (χ0) is 11.7. The highest BCUT2D eigenvalue weighted by Gasteiger charge is 2.12. The molecule has 0 radical (unpaired) electrons. The average molecular weight is 300 g/mol. The molecule has 0 atom stereocenters. The fraction of sp³-hybridized carbons (Fsp3) is 0.250. The Morgan fingerprint density at radius 2 is 2.12 bits per heavy atom. The summed E-state index contributed by atoms with van der Waals surface area (Å²) in [7, 11) is 0. The molecule has 0 aliphatic carbocycles. The van der Waals surface area contributed by atoms with Gasteiger partial charge < -0.3 is 4.57 Å². The van der Waals surface area contributed by atoms with E-state index in [9.17, 15) is 0 Å². The zero-order valence-electron chi connectivity index (χ0n) is 9.11. The Balaban J connectivity index is 2.56. The van der Waals surface area contributed by atoms with Crippen LogP contribution in [0.3, 0.4) is 0 Å². The van der Waals surface area contributed by atoms with E-state index >= 15 is 0 Å². The third-order valence-electron chi connectivity index (χ3n) is 2.35. The topological polar surface area (TPSA) is 17.8 Å². The van der Waals surface area contributed by atoms with Gasteiger partial charge in [0, 0.05) is 16.6 Å². The van der Waals surface area contributed by atoms with Crippen molar-refractivity contribution in [2.45, 2.75) is 19.9 Å². The molecule has 0 fully saturated rings. The first-order valence-corrected chi connectivity index (χ1v) is 6.25. The molecule has 0 N–H and O–H groups in total. The zero-order valence-corrected chi connectivity index (χ0v) is 11.5. The van der Waals surface area contributed by atoms with Crippen molar-refractivity contribution >= 4 is 27.5 Å². The molecule has 2 aromatic rings. The normalized spacial score (nSPS) is 11.1. The van der Waals surface area contributed by atoms with Gasteiger partial charge in [-0.2, -0.15) is 0 Å². The number of imidazole rings is 1. The molecule has 1 aromatic heterocycles. The van der Waals surface area contributed by atoms with E-state index in [0.29, 0.717) is 6.04 Å². The number of hydrogen-bond acceptors (Lipinski definition) is 1. The molecule has 16 heavy (non-hydrogen) atoms. The molecule has 0 bridgehead atoms. The maximum absolute atomic E-state index is 5.98. The van der Waals surface area contributed by atoms with Crippen LogP contribution in [-0.2, 0) is 0 Å². The Labute approximate surface area is 108 Å². The highest BCUT2D eigenvalue weighted by atomic mass is 79.9. The van der Waals surface area contributed by atoms with Gasteiger partial charge in [0.1, 0.15) is 10.4 Å². The number of aromatic nitrogens is 2. The summed E-state index contributed by atoms with van der Waals surface area (Å²) >= 11 is 9.49. The number of hydrogen-bond donors (Lipinski definition) is 0. The smallest absolute Gasteiger partial charge is 0.141 e. The van der Waals surface area contributed by atoms with Crippen molar-refractivity contribution in [3.63, 3.8) is 0 Å². The Morgan fingerprint density at radius 1 is 1.38 bits per heavy atom. The minimum atomic E-state index is 0.353. The van der Waals surface area contributed by atoms with Gasteiger partial charge in [0.15, 0.2) is 0 Å². The summed E-state index contributed by atoms with van der Waals surface area (Å²) in [5.41, 5.74) is 1.03. The minimum absolute atomic E-state index is 0.353. The second-order valence-corrected chi connectivity index (χ2v) is 5.13. The Kier molecular flexibility index (Phi) is 3.36. The van der Waals surface area contributed by atoms with Crippen LogP contribution in [0.1, 0.15) is 19.9 Å². The molecule has 0 saturated heterocycles. The van der Waals surface area contributed by atoms with Crippen molar-refractivity contribution in [1.82, 2.24) is 9.55 Å². The summed E-state index contributed by atoms with van der Waals surface area (Å²) < 4.78 is 3.11. The molecule has 0 aliphatic heterocycles. The second kappa shape index (κ2) is 4.60. The van der Waals surface area contributed by atoms with Gasteiger partial charge in [-0.3, -0.25) is 0 Å². The summed E-state index contributed by atoms with van der Waals surface area (Å²) in [5, 5.41) is 0.729. The van der Waals surface area contributed by atoms with Gasteiger partial charge in [-0.15, -0.1) is 0 Å². The van der Waals surface area contributed by atoms with Crippen LogP contribution in [0.5, 0.6) is 0 Å². The predicted octanol–water partition coefficient (Wildman–Crippen LogP) is 4.55. The van der Waals surface area contributed by atoms with Crippen LogP contribution < -0.4 is 0 Å². The fourth-order valence-corrected chi connectivity index (χ4v) is 2.54. The van der Waals surface area contributed by atoms with Crippen molar-refractivity contribution < 1.29 is 0 Å². The molecule has 0 amide bonds. The van der Waals surface area contributed by atoms with Gasteiger partial charge in [0.25, 0.3) is 0 Å². The Morgan fingerprint density at radius 3 is 2.75 bits per heavy atom. The SMILES string of the molecule is CC(C)n1c(Br)cnc1-c1cccc(Cl)c1. The number of benzene rings is 1. The molecular formula is C12H12BrClN2. The van der Waals surface area contributed by atoms with Crippen LogP contribution >= 0.6 is 27.5 Å². The standard InChI is InChI=1S/C12H12BrClN2/c1-8(2)16-11(13)7-15-12(16)9-4-3-5-10(14)6-9/h3-8H,1-2H3. The van der Waals surface area contributed by atoms with E-state index in [1.165, 1.54) is 0 Å². The van der Waals surface area contributed by atoms with Crippen LogP contribution in [0, 0.1) is 0 Å². The highest BCUT2D eigenvalue weighted by molar-refractivity contribution is 9.10. The number of nitrogens with zero attached hydrogens (tertiary/aromatic N) is 2. The molecule has 2 rings (SSSR count). The van der Waals surface area contributed by atoms with Crippen LogP contribution in [0.25, 0.3) is 11.4 Å². The lowest BCUT2D eigenvalue weighted by atomic mass is 10.2.